The molecule has 2 atom stereocenters. The number of aliphatic hydroxyl groups excluding tert-OH is 1. The summed E-state index contributed by atoms with van der Waals surface area (Å²) in [6.45, 7) is 6.09. The normalized spacial score (nSPS) is 24.9. The Hall–Kier alpha value is -0.900. The van der Waals surface area contributed by atoms with Gasteiger partial charge in [0.15, 0.2) is 0 Å². The zero-order valence-corrected chi connectivity index (χ0v) is 9.86. The van der Waals surface area contributed by atoms with Crippen LogP contribution in [0, 0.1) is 13.8 Å². The van der Waals surface area contributed by atoms with Crippen LogP contribution in [0.2, 0.25) is 0 Å². The molecule has 0 aliphatic carbocycles. The van der Waals surface area contributed by atoms with Crippen LogP contribution in [0.25, 0.3) is 0 Å². The van der Waals surface area contributed by atoms with Gasteiger partial charge in [-0.05, 0) is 30.5 Å². The van der Waals surface area contributed by atoms with Crippen molar-refractivity contribution in [2.75, 3.05) is 13.2 Å². The van der Waals surface area contributed by atoms with Crippen molar-refractivity contribution < 1.29 is 9.84 Å². The highest BCUT2D eigenvalue weighted by molar-refractivity contribution is 5.32. The van der Waals surface area contributed by atoms with E-state index >= 15 is 0 Å². The van der Waals surface area contributed by atoms with Crippen LogP contribution in [0.1, 0.15) is 16.7 Å². The summed E-state index contributed by atoms with van der Waals surface area (Å²) in [5, 5.41) is 12.9. The van der Waals surface area contributed by atoms with Gasteiger partial charge in [0, 0.05) is 6.54 Å². The van der Waals surface area contributed by atoms with Crippen LogP contribution in [-0.4, -0.2) is 30.5 Å². The molecule has 3 nitrogen and oxygen atoms in total. The second kappa shape index (κ2) is 4.95. The van der Waals surface area contributed by atoms with E-state index in [1.807, 2.05) is 0 Å². The maximum Gasteiger partial charge on any atom is 0.0948 e. The molecule has 1 heterocycles. The molecule has 3 heteroatoms. The highest BCUT2D eigenvalue weighted by Crippen LogP contribution is 2.13. The molecule has 0 spiro atoms. The van der Waals surface area contributed by atoms with Gasteiger partial charge in [0.05, 0.1) is 25.4 Å². The van der Waals surface area contributed by atoms with Crippen LogP contribution in [0.4, 0.5) is 0 Å². The van der Waals surface area contributed by atoms with Crippen LogP contribution < -0.4 is 5.32 Å². The molecule has 0 radical (unpaired) electrons. The Morgan fingerprint density at radius 1 is 1.38 bits per heavy atom. The molecule has 1 fully saturated rings. The molecule has 1 aliphatic rings. The van der Waals surface area contributed by atoms with Crippen LogP contribution in [0.15, 0.2) is 18.2 Å². The lowest BCUT2D eigenvalue weighted by atomic mass is 10.0. The average molecular weight is 221 g/mol. The van der Waals surface area contributed by atoms with E-state index in [9.17, 15) is 5.11 Å². The number of rotatable bonds is 3. The minimum Gasteiger partial charge on any atom is -0.389 e. The van der Waals surface area contributed by atoms with Gasteiger partial charge in [0.25, 0.3) is 0 Å². The number of benzene rings is 1. The topological polar surface area (TPSA) is 41.5 Å². The summed E-state index contributed by atoms with van der Waals surface area (Å²) in [5.41, 5.74) is 3.92. The lowest BCUT2D eigenvalue weighted by Gasteiger charge is -2.16. The van der Waals surface area contributed by atoms with Crippen LogP contribution in [0.3, 0.4) is 0 Å². The second-order valence-corrected chi connectivity index (χ2v) is 4.45. The Kier molecular flexibility index (Phi) is 3.59. The van der Waals surface area contributed by atoms with Crippen molar-refractivity contribution in [2.24, 2.45) is 0 Å². The standard InChI is InChI=1S/C13H19NO2/c1-9-4-3-5-11(10(9)2)6-14-12-7-16-8-13(12)15/h3-5,12-15H,6-8H2,1-2H3. The summed E-state index contributed by atoms with van der Waals surface area (Å²) >= 11 is 0. The Morgan fingerprint density at radius 2 is 2.19 bits per heavy atom. The molecule has 0 bridgehead atoms. The molecule has 0 aromatic heterocycles. The lowest BCUT2D eigenvalue weighted by Crippen LogP contribution is -2.38. The van der Waals surface area contributed by atoms with E-state index < -0.39 is 0 Å². The molecule has 1 aromatic rings. The zero-order valence-electron chi connectivity index (χ0n) is 9.86. The third kappa shape index (κ3) is 2.43. The molecule has 0 amide bonds. The molecule has 16 heavy (non-hydrogen) atoms. The van der Waals surface area contributed by atoms with Gasteiger partial charge in [-0.15, -0.1) is 0 Å². The van der Waals surface area contributed by atoms with E-state index in [1.54, 1.807) is 0 Å². The van der Waals surface area contributed by atoms with Gasteiger partial charge >= 0.3 is 0 Å². The minimum atomic E-state index is -0.370. The first kappa shape index (κ1) is 11.6. The predicted molar refractivity (Wildman–Crippen MR) is 63.4 cm³/mol. The number of ether oxygens (including phenoxy) is 1. The Balaban J connectivity index is 1.96. The largest absolute Gasteiger partial charge is 0.389 e. The summed E-state index contributed by atoms with van der Waals surface area (Å²) in [4.78, 5) is 0. The summed E-state index contributed by atoms with van der Waals surface area (Å²) in [6.07, 6.45) is -0.370. The lowest BCUT2D eigenvalue weighted by molar-refractivity contribution is 0.122. The third-order valence-electron chi connectivity index (χ3n) is 3.32. The number of aryl methyl sites for hydroxylation is 1. The Bertz CT molecular complexity index is 365. The third-order valence-corrected chi connectivity index (χ3v) is 3.32. The second-order valence-electron chi connectivity index (χ2n) is 4.45. The van der Waals surface area contributed by atoms with Gasteiger partial charge in [-0.1, -0.05) is 18.2 Å². The minimum absolute atomic E-state index is 0.0694. The molecule has 2 unspecified atom stereocenters. The van der Waals surface area contributed by atoms with Gasteiger partial charge in [-0.3, -0.25) is 0 Å². The first-order valence-electron chi connectivity index (χ1n) is 5.73. The Labute approximate surface area is 96.4 Å². The van der Waals surface area contributed by atoms with E-state index in [0.29, 0.717) is 13.2 Å². The number of hydrogen-bond acceptors (Lipinski definition) is 3. The maximum absolute atomic E-state index is 9.60. The van der Waals surface area contributed by atoms with Crippen molar-refractivity contribution >= 4 is 0 Å². The monoisotopic (exact) mass is 221 g/mol. The fourth-order valence-electron chi connectivity index (χ4n) is 1.98. The molecule has 1 saturated heterocycles. The number of nitrogens with one attached hydrogen (secondary N) is 1. The van der Waals surface area contributed by atoms with E-state index in [0.717, 1.165) is 6.54 Å². The van der Waals surface area contributed by atoms with Crippen molar-refractivity contribution in [3.05, 3.63) is 34.9 Å². The van der Waals surface area contributed by atoms with Gasteiger partial charge < -0.3 is 15.2 Å². The van der Waals surface area contributed by atoms with Crippen molar-refractivity contribution in [1.82, 2.24) is 5.32 Å². The van der Waals surface area contributed by atoms with Crippen molar-refractivity contribution in [3.63, 3.8) is 0 Å². The van der Waals surface area contributed by atoms with Crippen LogP contribution in [-0.2, 0) is 11.3 Å². The molecule has 1 aliphatic heterocycles. The quantitative estimate of drug-likeness (QED) is 0.804. The first-order valence-corrected chi connectivity index (χ1v) is 5.73. The number of aliphatic hydroxyl groups is 1. The highest BCUT2D eigenvalue weighted by Gasteiger charge is 2.25. The molecule has 2 rings (SSSR count). The smallest absolute Gasteiger partial charge is 0.0948 e. The van der Waals surface area contributed by atoms with E-state index in [4.69, 9.17) is 4.74 Å². The summed E-state index contributed by atoms with van der Waals surface area (Å²) in [6, 6.07) is 6.38. The highest BCUT2D eigenvalue weighted by atomic mass is 16.5. The van der Waals surface area contributed by atoms with Gasteiger partial charge in [0.2, 0.25) is 0 Å². The van der Waals surface area contributed by atoms with Gasteiger partial charge in [-0.2, -0.15) is 0 Å². The summed E-state index contributed by atoms with van der Waals surface area (Å²) < 4.78 is 5.20. The molecular formula is C13H19NO2. The van der Waals surface area contributed by atoms with Gasteiger partial charge in [0.1, 0.15) is 0 Å². The van der Waals surface area contributed by atoms with Crippen molar-refractivity contribution in [1.29, 1.82) is 0 Å². The molecule has 88 valence electrons. The van der Waals surface area contributed by atoms with Crippen molar-refractivity contribution in [2.45, 2.75) is 32.5 Å². The van der Waals surface area contributed by atoms with Crippen molar-refractivity contribution in [3.8, 4) is 0 Å². The molecular weight excluding hydrogens is 202 g/mol. The van der Waals surface area contributed by atoms with Crippen LogP contribution in [0.5, 0.6) is 0 Å². The summed E-state index contributed by atoms with van der Waals surface area (Å²) in [5.74, 6) is 0. The molecule has 0 saturated carbocycles. The molecule has 1 aromatic carbocycles. The Morgan fingerprint density at radius 3 is 2.88 bits per heavy atom. The van der Waals surface area contributed by atoms with E-state index in [1.165, 1.54) is 16.7 Å². The SMILES string of the molecule is Cc1cccc(CNC2COCC2O)c1C. The number of hydrogen-bond donors (Lipinski definition) is 2. The molecule has 2 N–H and O–H groups in total. The van der Waals surface area contributed by atoms with E-state index in [-0.39, 0.29) is 12.1 Å². The fourth-order valence-corrected chi connectivity index (χ4v) is 1.98. The maximum atomic E-state index is 9.60. The van der Waals surface area contributed by atoms with E-state index in [2.05, 4.69) is 37.4 Å². The predicted octanol–water partition coefficient (Wildman–Crippen LogP) is 1.15. The summed E-state index contributed by atoms with van der Waals surface area (Å²) in [7, 11) is 0. The first-order chi connectivity index (χ1) is 7.68. The van der Waals surface area contributed by atoms with Crippen LogP contribution >= 0.6 is 0 Å². The fraction of sp³-hybridized carbons (Fsp3) is 0.538. The van der Waals surface area contributed by atoms with Gasteiger partial charge in [-0.25, -0.2) is 0 Å². The zero-order chi connectivity index (χ0) is 11.5. The average Bonchev–Trinajstić information content (AvgIpc) is 2.67.